The number of aromatic nitrogens is 2. The highest BCUT2D eigenvalue weighted by molar-refractivity contribution is 7.91. The highest BCUT2D eigenvalue weighted by atomic mass is 35.5. The topological polar surface area (TPSA) is 101 Å². The first-order valence-corrected chi connectivity index (χ1v) is 9.96. The number of carbonyl (C=O) groups excluding carboxylic acids is 1. The smallest absolute Gasteiger partial charge is 0.270 e. The number of nitrogens with one attached hydrogen (secondary N) is 2. The Morgan fingerprint density at radius 2 is 1.92 bits per heavy atom. The van der Waals surface area contributed by atoms with Crippen molar-refractivity contribution < 1.29 is 13.2 Å². The van der Waals surface area contributed by atoms with Crippen molar-refractivity contribution in [2.75, 3.05) is 5.32 Å². The van der Waals surface area contributed by atoms with Crippen molar-refractivity contribution in [3.05, 3.63) is 34.9 Å². The standard InChI is InChI=1S/C14H17ClN4O3S2/c1-3-9(4-2)19-24(21,22)14-18-17-13(23-14)16-12(20)10-7-5-6-8-11(10)15/h5-9,19H,3-4H2,1-2H3,(H,16,17,20). The van der Waals surface area contributed by atoms with Crippen molar-refractivity contribution in [3.8, 4) is 0 Å². The summed E-state index contributed by atoms with van der Waals surface area (Å²) in [5, 5.41) is 10.2. The highest BCUT2D eigenvalue weighted by Gasteiger charge is 2.23. The van der Waals surface area contributed by atoms with Crippen LogP contribution in [0.3, 0.4) is 0 Å². The Kier molecular flexibility index (Phi) is 6.27. The second-order valence-corrected chi connectivity index (χ2v) is 8.21. The molecule has 1 aromatic carbocycles. The van der Waals surface area contributed by atoms with Gasteiger partial charge in [-0.3, -0.25) is 10.1 Å². The second kappa shape index (κ2) is 8.02. The zero-order valence-electron chi connectivity index (χ0n) is 13.1. The largest absolute Gasteiger partial charge is 0.296 e. The summed E-state index contributed by atoms with van der Waals surface area (Å²) in [6.45, 7) is 3.79. The predicted octanol–water partition coefficient (Wildman–Crippen LogP) is 2.91. The molecular weight excluding hydrogens is 372 g/mol. The molecule has 0 radical (unpaired) electrons. The average Bonchev–Trinajstić information content (AvgIpc) is 3.02. The molecule has 1 aromatic heterocycles. The number of amides is 1. The molecule has 1 amide bonds. The summed E-state index contributed by atoms with van der Waals surface area (Å²) in [5.41, 5.74) is 0.272. The Hall–Kier alpha value is -1.55. The molecule has 0 saturated heterocycles. The van der Waals surface area contributed by atoms with Gasteiger partial charge in [-0.15, -0.1) is 10.2 Å². The number of halogens is 1. The summed E-state index contributed by atoms with van der Waals surface area (Å²) >= 11 is 6.74. The van der Waals surface area contributed by atoms with Gasteiger partial charge in [0.05, 0.1) is 10.6 Å². The fourth-order valence-electron chi connectivity index (χ4n) is 1.90. The first kappa shape index (κ1) is 18.8. The summed E-state index contributed by atoms with van der Waals surface area (Å²) in [5.74, 6) is -0.478. The van der Waals surface area contributed by atoms with E-state index in [0.29, 0.717) is 17.9 Å². The quantitative estimate of drug-likeness (QED) is 0.710. The lowest BCUT2D eigenvalue weighted by Crippen LogP contribution is -2.33. The molecule has 0 spiro atoms. The van der Waals surface area contributed by atoms with Crippen LogP contribution >= 0.6 is 22.9 Å². The minimum absolute atomic E-state index is 0.0878. The Labute approximate surface area is 149 Å². The van der Waals surface area contributed by atoms with E-state index in [-0.39, 0.29) is 21.1 Å². The fourth-order valence-corrected chi connectivity index (χ4v) is 4.44. The Balaban J connectivity index is 2.13. The third-order valence-electron chi connectivity index (χ3n) is 3.28. The number of hydrogen-bond acceptors (Lipinski definition) is 6. The van der Waals surface area contributed by atoms with Gasteiger partial charge >= 0.3 is 0 Å². The maximum absolute atomic E-state index is 12.2. The van der Waals surface area contributed by atoms with Gasteiger partial charge in [-0.1, -0.05) is 48.9 Å². The number of anilines is 1. The van der Waals surface area contributed by atoms with Gasteiger partial charge in [-0.2, -0.15) is 0 Å². The van der Waals surface area contributed by atoms with Crippen LogP contribution in [0.25, 0.3) is 0 Å². The summed E-state index contributed by atoms with van der Waals surface area (Å²) in [7, 11) is -3.75. The number of carbonyl (C=O) groups is 1. The van der Waals surface area contributed by atoms with Crippen LogP contribution in [0.1, 0.15) is 37.0 Å². The van der Waals surface area contributed by atoms with E-state index >= 15 is 0 Å². The number of rotatable bonds is 7. The first-order valence-electron chi connectivity index (χ1n) is 7.29. The predicted molar refractivity (Wildman–Crippen MR) is 94.0 cm³/mol. The van der Waals surface area contributed by atoms with E-state index in [4.69, 9.17) is 11.6 Å². The molecule has 24 heavy (non-hydrogen) atoms. The molecule has 0 unspecified atom stereocenters. The molecule has 0 aliphatic heterocycles. The first-order chi connectivity index (χ1) is 11.4. The van der Waals surface area contributed by atoms with Crippen molar-refractivity contribution in [1.29, 1.82) is 0 Å². The molecule has 2 aromatic rings. The van der Waals surface area contributed by atoms with Crippen molar-refractivity contribution in [3.63, 3.8) is 0 Å². The lowest BCUT2D eigenvalue weighted by atomic mass is 10.2. The molecule has 0 atom stereocenters. The minimum Gasteiger partial charge on any atom is -0.296 e. The van der Waals surface area contributed by atoms with Gasteiger partial charge in [0.1, 0.15) is 0 Å². The number of benzene rings is 1. The van der Waals surface area contributed by atoms with Gasteiger partial charge in [0.2, 0.25) is 9.47 Å². The summed E-state index contributed by atoms with van der Waals surface area (Å²) < 4.78 is 26.9. The molecule has 130 valence electrons. The van der Waals surface area contributed by atoms with Crippen LogP contribution in [0.2, 0.25) is 5.02 Å². The van der Waals surface area contributed by atoms with Crippen LogP contribution in [-0.4, -0.2) is 30.6 Å². The number of hydrogen-bond donors (Lipinski definition) is 2. The Morgan fingerprint density at radius 3 is 2.54 bits per heavy atom. The van der Waals surface area contributed by atoms with Gasteiger partial charge in [0, 0.05) is 6.04 Å². The van der Waals surface area contributed by atoms with Gasteiger partial charge < -0.3 is 0 Å². The van der Waals surface area contributed by atoms with E-state index in [1.165, 1.54) is 0 Å². The SMILES string of the molecule is CCC(CC)NS(=O)(=O)c1nnc(NC(=O)c2ccccc2Cl)s1. The third-order valence-corrected chi connectivity index (χ3v) is 6.34. The minimum atomic E-state index is -3.75. The molecule has 0 aliphatic carbocycles. The van der Waals surface area contributed by atoms with E-state index in [1.54, 1.807) is 24.3 Å². The van der Waals surface area contributed by atoms with E-state index in [1.807, 2.05) is 13.8 Å². The maximum Gasteiger partial charge on any atom is 0.270 e. The zero-order chi connectivity index (χ0) is 17.7. The number of sulfonamides is 1. The molecule has 1 heterocycles. The average molecular weight is 389 g/mol. The molecule has 2 N–H and O–H groups in total. The van der Waals surface area contributed by atoms with Crippen molar-refractivity contribution >= 4 is 44.0 Å². The molecule has 0 saturated carbocycles. The summed E-state index contributed by atoms with van der Waals surface area (Å²) in [4.78, 5) is 12.1. The normalized spacial score (nSPS) is 11.7. The van der Waals surface area contributed by atoms with Crippen LogP contribution in [0.4, 0.5) is 5.13 Å². The lowest BCUT2D eigenvalue weighted by molar-refractivity contribution is 0.102. The second-order valence-electron chi connectivity index (χ2n) is 4.94. The van der Waals surface area contributed by atoms with Crippen LogP contribution < -0.4 is 10.0 Å². The van der Waals surface area contributed by atoms with Gasteiger partial charge in [0.15, 0.2) is 0 Å². The fraction of sp³-hybridized carbons (Fsp3) is 0.357. The Morgan fingerprint density at radius 1 is 1.25 bits per heavy atom. The van der Waals surface area contributed by atoms with Crippen molar-refractivity contribution in [1.82, 2.24) is 14.9 Å². The number of nitrogens with zero attached hydrogens (tertiary/aromatic N) is 2. The Bertz CT molecular complexity index is 819. The van der Waals surface area contributed by atoms with E-state index in [9.17, 15) is 13.2 Å². The lowest BCUT2D eigenvalue weighted by Gasteiger charge is -2.12. The van der Waals surface area contributed by atoms with Crippen molar-refractivity contribution in [2.24, 2.45) is 0 Å². The van der Waals surface area contributed by atoms with Crippen LogP contribution in [0.5, 0.6) is 0 Å². The van der Waals surface area contributed by atoms with E-state index in [2.05, 4.69) is 20.2 Å². The summed E-state index contributed by atoms with van der Waals surface area (Å²) in [6, 6.07) is 6.37. The molecule has 10 heteroatoms. The highest BCUT2D eigenvalue weighted by Crippen LogP contribution is 2.22. The van der Waals surface area contributed by atoms with Gasteiger partial charge in [-0.05, 0) is 25.0 Å². The molecule has 0 fully saturated rings. The molecular formula is C14H17ClN4O3S2. The van der Waals surface area contributed by atoms with Gasteiger partial charge in [-0.25, -0.2) is 13.1 Å². The van der Waals surface area contributed by atoms with Crippen LogP contribution in [-0.2, 0) is 10.0 Å². The third kappa shape index (κ3) is 4.50. The molecule has 0 bridgehead atoms. The molecule has 2 rings (SSSR count). The zero-order valence-corrected chi connectivity index (χ0v) is 15.5. The monoisotopic (exact) mass is 388 g/mol. The van der Waals surface area contributed by atoms with Crippen molar-refractivity contribution in [2.45, 2.75) is 37.1 Å². The van der Waals surface area contributed by atoms with E-state index < -0.39 is 15.9 Å². The molecule has 7 nitrogen and oxygen atoms in total. The van der Waals surface area contributed by atoms with E-state index in [0.717, 1.165) is 11.3 Å². The van der Waals surface area contributed by atoms with Crippen LogP contribution in [0.15, 0.2) is 28.6 Å². The van der Waals surface area contributed by atoms with Crippen LogP contribution in [0, 0.1) is 0 Å². The summed E-state index contributed by atoms with van der Waals surface area (Å²) in [6.07, 6.45) is 1.34. The van der Waals surface area contributed by atoms with Gasteiger partial charge in [0.25, 0.3) is 15.9 Å². The molecule has 0 aliphatic rings. The maximum atomic E-state index is 12.2.